The van der Waals surface area contributed by atoms with Gasteiger partial charge in [0.15, 0.2) is 5.82 Å². The smallest absolute Gasteiger partial charge is 0.251 e. The van der Waals surface area contributed by atoms with Crippen LogP contribution in [0.25, 0.3) is 5.82 Å². The molecule has 1 spiro atoms. The maximum Gasteiger partial charge on any atom is 0.251 e. The fraction of sp³-hybridized carbons (Fsp3) is 0.455. The molecule has 2 saturated heterocycles. The van der Waals surface area contributed by atoms with Crippen molar-refractivity contribution >= 4 is 11.6 Å². The molecule has 1 amide bonds. The van der Waals surface area contributed by atoms with Gasteiger partial charge in [-0.05, 0) is 50.5 Å². The number of rotatable bonds is 3. The van der Waals surface area contributed by atoms with E-state index in [2.05, 4.69) is 52.3 Å². The maximum atomic E-state index is 13.0. The van der Waals surface area contributed by atoms with Crippen LogP contribution in [0.3, 0.4) is 0 Å². The minimum atomic E-state index is -0.271. The first-order valence-electron chi connectivity index (χ1n) is 10.1. The zero-order valence-corrected chi connectivity index (χ0v) is 16.3. The molecule has 5 heterocycles. The van der Waals surface area contributed by atoms with E-state index in [0.29, 0.717) is 13.2 Å². The molecule has 0 N–H and O–H groups in total. The van der Waals surface area contributed by atoms with Gasteiger partial charge in [-0.1, -0.05) is 12.2 Å². The number of ether oxygens (including phenoxy) is 1. The summed E-state index contributed by atoms with van der Waals surface area (Å²) < 4.78 is 7.86. The number of anilines is 1. The van der Waals surface area contributed by atoms with Crippen LogP contribution < -0.4 is 4.90 Å². The molecule has 1 unspecified atom stereocenters. The number of carbonyl (C=O) groups excluding carboxylic acids is 1. The van der Waals surface area contributed by atoms with E-state index in [4.69, 9.17) is 4.74 Å². The predicted molar refractivity (Wildman–Crippen MR) is 108 cm³/mol. The number of pyridine rings is 1. The minimum Gasteiger partial charge on any atom is -0.368 e. The van der Waals surface area contributed by atoms with Crippen molar-refractivity contribution in [3.05, 3.63) is 54.5 Å². The Balaban J connectivity index is 1.57. The lowest BCUT2D eigenvalue weighted by Gasteiger charge is -2.47. The van der Waals surface area contributed by atoms with Gasteiger partial charge in [-0.3, -0.25) is 4.79 Å². The van der Waals surface area contributed by atoms with Crippen LogP contribution in [0.2, 0.25) is 0 Å². The fourth-order valence-corrected chi connectivity index (χ4v) is 4.99. The van der Waals surface area contributed by atoms with Crippen LogP contribution in [0, 0.1) is 0 Å². The second-order valence-corrected chi connectivity index (χ2v) is 8.20. The highest BCUT2D eigenvalue weighted by Gasteiger charge is 2.51. The zero-order chi connectivity index (χ0) is 19.3. The van der Waals surface area contributed by atoms with Gasteiger partial charge in [-0.2, -0.15) is 0 Å². The number of fused-ring (bicyclic) bond motifs is 4. The van der Waals surface area contributed by atoms with E-state index in [-0.39, 0.29) is 17.6 Å². The lowest BCUT2D eigenvalue weighted by atomic mass is 9.88. The van der Waals surface area contributed by atoms with E-state index in [9.17, 15) is 4.79 Å². The molecule has 2 aromatic rings. The molecule has 6 nitrogen and oxygen atoms in total. The normalized spacial score (nSPS) is 25.8. The molecule has 2 atom stereocenters. The summed E-state index contributed by atoms with van der Waals surface area (Å²) in [7, 11) is 0. The highest BCUT2D eigenvalue weighted by atomic mass is 16.5. The summed E-state index contributed by atoms with van der Waals surface area (Å²) in [6.07, 6.45) is 6.33. The molecule has 0 aliphatic carbocycles. The molecule has 0 radical (unpaired) electrons. The van der Waals surface area contributed by atoms with E-state index in [0.717, 1.165) is 49.4 Å². The second-order valence-electron chi connectivity index (χ2n) is 8.20. The first-order valence-corrected chi connectivity index (χ1v) is 10.1. The maximum absolute atomic E-state index is 13.0. The number of hydrogen-bond acceptors (Lipinski definition) is 4. The van der Waals surface area contributed by atoms with Crippen molar-refractivity contribution in [1.29, 1.82) is 0 Å². The van der Waals surface area contributed by atoms with Crippen LogP contribution in [-0.2, 0) is 15.1 Å². The second kappa shape index (κ2) is 6.48. The first-order chi connectivity index (χ1) is 13.6. The molecular formula is C22H26N4O2. The van der Waals surface area contributed by atoms with Gasteiger partial charge in [0.1, 0.15) is 11.6 Å². The van der Waals surface area contributed by atoms with Crippen LogP contribution in [-0.4, -0.2) is 52.7 Å². The highest BCUT2D eigenvalue weighted by Crippen LogP contribution is 2.47. The average molecular weight is 378 g/mol. The number of nitrogens with zero attached hydrogens (tertiary/aromatic N) is 4. The number of likely N-dealkylation sites (tertiary alicyclic amines) is 1. The van der Waals surface area contributed by atoms with Crippen LogP contribution in [0.4, 0.5) is 5.69 Å². The Morgan fingerprint density at radius 3 is 3.07 bits per heavy atom. The summed E-state index contributed by atoms with van der Waals surface area (Å²) in [5.74, 6) is 1.08. The third-order valence-corrected chi connectivity index (χ3v) is 6.22. The van der Waals surface area contributed by atoms with Crippen LogP contribution >= 0.6 is 0 Å². The van der Waals surface area contributed by atoms with Crippen molar-refractivity contribution in [2.24, 2.45) is 0 Å². The van der Waals surface area contributed by atoms with Crippen LogP contribution in [0.15, 0.2) is 48.8 Å². The van der Waals surface area contributed by atoms with E-state index >= 15 is 0 Å². The van der Waals surface area contributed by atoms with E-state index in [1.165, 1.54) is 5.69 Å². The third-order valence-electron chi connectivity index (χ3n) is 6.22. The molecule has 3 aliphatic rings. The topological polar surface area (TPSA) is 50.6 Å². The lowest BCUT2D eigenvalue weighted by molar-refractivity contribution is -0.140. The van der Waals surface area contributed by atoms with Crippen LogP contribution in [0.5, 0.6) is 0 Å². The molecule has 0 aromatic carbocycles. The van der Waals surface area contributed by atoms with Crippen molar-refractivity contribution in [1.82, 2.24) is 14.5 Å². The predicted octanol–water partition coefficient (Wildman–Crippen LogP) is 2.88. The van der Waals surface area contributed by atoms with Crippen molar-refractivity contribution in [3.63, 3.8) is 0 Å². The summed E-state index contributed by atoms with van der Waals surface area (Å²) >= 11 is 0. The standard InChI is InChI=1S/C22H26N4O2/c1-16(2)14-26-17-6-3-10-23-20(17)25-11-4-8-19(25)22(26)9-12-24(15-22)21(27)18-7-5-13-28-18/h3-4,6,8,10-11,18H,1,5,7,9,12-15H2,2H3/t18-,22?/m1/s1. The van der Waals surface area contributed by atoms with Gasteiger partial charge in [0.25, 0.3) is 5.91 Å². The Labute approximate surface area is 165 Å². The number of aromatic nitrogens is 2. The largest absolute Gasteiger partial charge is 0.368 e. The molecule has 6 heteroatoms. The summed E-state index contributed by atoms with van der Waals surface area (Å²) in [4.78, 5) is 22.1. The van der Waals surface area contributed by atoms with Crippen molar-refractivity contribution in [2.45, 2.75) is 37.8 Å². The van der Waals surface area contributed by atoms with E-state index < -0.39 is 0 Å². The minimum absolute atomic E-state index is 0.139. The average Bonchev–Trinajstić information content (AvgIpc) is 3.45. The molecule has 5 rings (SSSR count). The molecule has 3 aliphatic heterocycles. The van der Waals surface area contributed by atoms with Crippen molar-refractivity contribution < 1.29 is 9.53 Å². The summed E-state index contributed by atoms with van der Waals surface area (Å²) in [6, 6.07) is 8.35. The SMILES string of the molecule is C=C(C)CN1c2cccnc2-n2cccc2C12CCN(C(=O)[C@H]1CCCO1)C2. The third kappa shape index (κ3) is 2.51. The van der Waals surface area contributed by atoms with Gasteiger partial charge in [0.05, 0.1) is 11.4 Å². The fourth-order valence-electron chi connectivity index (χ4n) is 4.99. The summed E-state index contributed by atoms with van der Waals surface area (Å²) in [5, 5.41) is 0. The van der Waals surface area contributed by atoms with Gasteiger partial charge < -0.3 is 19.1 Å². The van der Waals surface area contributed by atoms with Gasteiger partial charge in [0.2, 0.25) is 0 Å². The Morgan fingerprint density at radius 1 is 1.39 bits per heavy atom. The highest BCUT2D eigenvalue weighted by molar-refractivity contribution is 5.82. The van der Waals surface area contributed by atoms with E-state index in [1.807, 2.05) is 17.2 Å². The van der Waals surface area contributed by atoms with Crippen LogP contribution in [0.1, 0.15) is 31.9 Å². The Morgan fingerprint density at radius 2 is 2.29 bits per heavy atom. The molecule has 2 fully saturated rings. The molecule has 146 valence electrons. The van der Waals surface area contributed by atoms with Gasteiger partial charge in [-0.15, -0.1) is 0 Å². The van der Waals surface area contributed by atoms with E-state index in [1.54, 1.807) is 0 Å². The Bertz CT molecular complexity index is 930. The first kappa shape index (κ1) is 17.5. The van der Waals surface area contributed by atoms with Gasteiger partial charge >= 0.3 is 0 Å². The van der Waals surface area contributed by atoms with Gasteiger partial charge in [0, 0.05) is 38.6 Å². The Hall–Kier alpha value is -2.60. The summed E-state index contributed by atoms with van der Waals surface area (Å²) in [5.41, 5.74) is 3.12. The molecule has 2 aromatic heterocycles. The molecule has 0 bridgehead atoms. The molecular weight excluding hydrogens is 352 g/mol. The monoisotopic (exact) mass is 378 g/mol. The molecule has 28 heavy (non-hydrogen) atoms. The quantitative estimate of drug-likeness (QED) is 0.771. The van der Waals surface area contributed by atoms with Crippen molar-refractivity contribution in [2.75, 3.05) is 31.1 Å². The molecule has 0 saturated carbocycles. The number of carbonyl (C=O) groups is 1. The Kier molecular flexibility index (Phi) is 4.05. The lowest BCUT2D eigenvalue weighted by Crippen LogP contribution is -2.53. The number of amides is 1. The zero-order valence-electron chi connectivity index (χ0n) is 16.3. The van der Waals surface area contributed by atoms with Crippen molar-refractivity contribution in [3.8, 4) is 5.82 Å². The number of hydrogen-bond donors (Lipinski definition) is 0. The summed E-state index contributed by atoms with van der Waals surface area (Å²) in [6.45, 7) is 9.07. The van der Waals surface area contributed by atoms with Gasteiger partial charge in [-0.25, -0.2) is 4.98 Å².